The highest BCUT2D eigenvalue weighted by Crippen LogP contribution is 2.65. The zero-order valence-electron chi connectivity index (χ0n) is 20.7. The number of halogens is 1. The van der Waals surface area contributed by atoms with Gasteiger partial charge < -0.3 is 4.90 Å². The Balaban J connectivity index is 1.68. The summed E-state index contributed by atoms with van der Waals surface area (Å²) < 4.78 is 1.52. The SMILES string of the molecule is C=CC(C)(C)[C@@]12C[C@H]3c4nc5ccc(Cl)cc5c(=O)n4[C@H](C)C(=O)N3[C@@H]1N(C(C)=O)c1ccccc12. The Kier molecular flexibility index (Phi) is 4.65. The number of hydrogen-bond acceptors (Lipinski definition) is 4. The van der Waals surface area contributed by atoms with Crippen LogP contribution in [0.5, 0.6) is 0 Å². The van der Waals surface area contributed by atoms with E-state index in [0.717, 1.165) is 11.3 Å². The number of fused-ring (bicyclic) bond motifs is 8. The lowest BCUT2D eigenvalue weighted by atomic mass is 9.60. The van der Waals surface area contributed by atoms with E-state index in [2.05, 4.69) is 20.4 Å². The first kappa shape index (κ1) is 23.0. The molecule has 4 heterocycles. The van der Waals surface area contributed by atoms with Crippen LogP contribution >= 0.6 is 11.6 Å². The van der Waals surface area contributed by atoms with Gasteiger partial charge in [-0.15, -0.1) is 6.58 Å². The topological polar surface area (TPSA) is 75.5 Å². The highest BCUT2D eigenvalue weighted by molar-refractivity contribution is 6.31. The number of aromatic nitrogens is 2. The molecular formula is C28H27ClN4O3. The van der Waals surface area contributed by atoms with Crippen LogP contribution in [-0.4, -0.2) is 32.4 Å². The summed E-state index contributed by atoms with van der Waals surface area (Å²) in [6.07, 6.45) is 1.85. The first-order valence-electron chi connectivity index (χ1n) is 12.1. The molecule has 8 heteroatoms. The molecule has 2 amide bonds. The van der Waals surface area contributed by atoms with E-state index in [9.17, 15) is 14.4 Å². The van der Waals surface area contributed by atoms with Crippen LogP contribution in [0.4, 0.5) is 5.69 Å². The van der Waals surface area contributed by atoms with Crippen LogP contribution in [0, 0.1) is 5.41 Å². The molecule has 2 aromatic carbocycles. The van der Waals surface area contributed by atoms with Crippen molar-refractivity contribution >= 4 is 40.0 Å². The molecule has 4 atom stereocenters. The summed E-state index contributed by atoms with van der Waals surface area (Å²) in [4.78, 5) is 49.4. The van der Waals surface area contributed by atoms with Crippen molar-refractivity contribution in [1.29, 1.82) is 0 Å². The second-order valence-corrected chi connectivity index (χ2v) is 11.1. The summed E-state index contributed by atoms with van der Waals surface area (Å²) in [5.74, 6) is 0.194. The third-order valence-corrected chi connectivity index (χ3v) is 8.87. The van der Waals surface area contributed by atoms with Crippen LogP contribution < -0.4 is 10.5 Å². The van der Waals surface area contributed by atoms with Crippen molar-refractivity contribution in [2.45, 2.75) is 57.8 Å². The average molecular weight is 503 g/mol. The largest absolute Gasteiger partial charge is 0.309 e. The summed E-state index contributed by atoms with van der Waals surface area (Å²) in [5.41, 5.74) is 0.943. The minimum atomic E-state index is -0.778. The van der Waals surface area contributed by atoms with E-state index in [1.807, 2.05) is 30.3 Å². The number of anilines is 1. The van der Waals surface area contributed by atoms with E-state index in [0.29, 0.717) is 28.2 Å². The zero-order valence-corrected chi connectivity index (χ0v) is 21.4. The van der Waals surface area contributed by atoms with Gasteiger partial charge in [0.05, 0.1) is 16.9 Å². The average Bonchev–Trinajstić information content (AvgIpc) is 3.35. The van der Waals surface area contributed by atoms with Crippen molar-refractivity contribution in [3.05, 3.63) is 81.9 Å². The van der Waals surface area contributed by atoms with Gasteiger partial charge >= 0.3 is 0 Å². The number of carbonyl (C=O) groups is 2. The van der Waals surface area contributed by atoms with E-state index in [-0.39, 0.29) is 17.4 Å². The quantitative estimate of drug-likeness (QED) is 0.474. The molecule has 1 fully saturated rings. The maximum atomic E-state index is 14.1. The normalized spacial score (nSPS) is 26.5. The summed E-state index contributed by atoms with van der Waals surface area (Å²) in [5, 5.41) is 0.823. The van der Waals surface area contributed by atoms with E-state index >= 15 is 0 Å². The predicted octanol–water partition coefficient (Wildman–Crippen LogP) is 4.74. The molecule has 6 rings (SSSR count). The number of allylic oxidation sites excluding steroid dienone is 1. The molecule has 0 unspecified atom stereocenters. The van der Waals surface area contributed by atoms with Crippen LogP contribution in [0.3, 0.4) is 0 Å². The van der Waals surface area contributed by atoms with Gasteiger partial charge in [-0.3, -0.25) is 23.9 Å². The summed E-state index contributed by atoms with van der Waals surface area (Å²) in [6.45, 7) is 11.6. The smallest absolute Gasteiger partial charge is 0.262 e. The van der Waals surface area contributed by atoms with Crippen molar-refractivity contribution < 1.29 is 9.59 Å². The van der Waals surface area contributed by atoms with Gasteiger partial charge in [0.25, 0.3) is 5.56 Å². The van der Waals surface area contributed by atoms with Crippen molar-refractivity contribution in [2.24, 2.45) is 5.41 Å². The number of rotatable bonds is 2. The Morgan fingerprint density at radius 3 is 2.64 bits per heavy atom. The second-order valence-electron chi connectivity index (χ2n) is 10.6. The Labute approximate surface area is 214 Å². The van der Waals surface area contributed by atoms with Crippen molar-refractivity contribution in [3.63, 3.8) is 0 Å². The standard InChI is InChI=1S/C28H27ClN4O3/c1-6-27(4,5)28-14-22-23-30-20-12-11-17(29)13-18(20)25(36)31(23)15(2)24(35)33(22)26(28)32(16(3)34)21-10-8-7-9-19(21)28/h6-13,15,22,26H,1,14H2,2-5H3/t15-,22+,26+,28-/m1/s1. The number of amides is 2. The Bertz CT molecular complexity index is 1560. The molecule has 0 bridgehead atoms. The maximum Gasteiger partial charge on any atom is 0.262 e. The van der Waals surface area contributed by atoms with Crippen molar-refractivity contribution in [3.8, 4) is 0 Å². The molecule has 7 nitrogen and oxygen atoms in total. The van der Waals surface area contributed by atoms with Gasteiger partial charge in [-0.05, 0) is 48.6 Å². The summed E-state index contributed by atoms with van der Waals surface area (Å²) >= 11 is 6.17. The molecule has 0 spiro atoms. The lowest BCUT2D eigenvalue weighted by molar-refractivity contribution is -0.141. The van der Waals surface area contributed by atoms with E-state index in [1.54, 1.807) is 34.9 Å². The lowest BCUT2D eigenvalue weighted by Gasteiger charge is -2.46. The van der Waals surface area contributed by atoms with Gasteiger partial charge in [0.2, 0.25) is 11.8 Å². The van der Waals surface area contributed by atoms with Gasteiger partial charge in [0, 0.05) is 23.0 Å². The number of carbonyl (C=O) groups excluding carboxylic acids is 2. The molecule has 3 aliphatic heterocycles. The Hall–Kier alpha value is -3.45. The minimum absolute atomic E-state index is 0.139. The third-order valence-electron chi connectivity index (χ3n) is 8.63. The van der Waals surface area contributed by atoms with Crippen LogP contribution in [0.15, 0.2) is 59.9 Å². The summed E-state index contributed by atoms with van der Waals surface area (Å²) in [6, 6.07) is 11.7. The highest BCUT2D eigenvalue weighted by atomic mass is 35.5. The monoisotopic (exact) mass is 502 g/mol. The minimum Gasteiger partial charge on any atom is -0.309 e. The first-order chi connectivity index (χ1) is 17.0. The van der Waals surface area contributed by atoms with Crippen LogP contribution in [0.1, 0.15) is 57.6 Å². The number of para-hydroxylation sites is 1. The first-order valence-corrected chi connectivity index (χ1v) is 12.5. The molecule has 1 saturated heterocycles. The molecule has 36 heavy (non-hydrogen) atoms. The molecule has 3 aromatic rings. The van der Waals surface area contributed by atoms with Gasteiger partial charge in [-0.2, -0.15) is 0 Å². The van der Waals surface area contributed by atoms with Gasteiger partial charge in [0.15, 0.2) is 0 Å². The third kappa shape index (κ3) is 2.59. The molecule has 3 aliphatic rings. The van der Waals surface area contributed by atoms with Gasteiger partial charge in [0.1, 0.15) is 18.0 Å². The van der Waals surface area contributed by atoms with Crippen molar-refractivity contribution in [2.75, 3.05) is 4.90 Å². The molecule has 0 saturated carbocycles. The van der Waals surface area contributed by atoms with E-state index < -0.39 is 29.1 Å². The van der Waals surface area contributed by atoms with Gasteiger partial charge in [-0.25, -0.2) is 4.98 Å². The zero-order chi connectivity index (χ0) is 25.7. The summed E-state index contributed by atoms with van der Waals surface area (Å²) in [7, 11) is 0. The number of hydrogen-bond donors (Lipinski definition) is 0. The molecule has 184 valence electrons. The van der Waals surface area contributed by atoms with Crippen molar-refractivity contribution in [1.82, 2.24) is 14.5 Å². The fourth-order valence-electron chi connectivity index (χ4n) is 6.78. The van der Waals surface area contributed by atoms with Gasteiger partial charge in [-0.1, -0.05) is 49.7 Å². The Morgan fingerprint density at radius 1 is 1.22 bits per heavy atom. The molecule has 0 aliphatic carbocycles. The van der Waals surface area contributed by atoms with Crippen LogP contribution in [0.2, 0.25) is 5.02 Å². The van der Waals surface area contributed by atoms with E-state index in [4.69, 9.17) is 16.6 Å². The number of nitrogens with zero attached hydrogens (tertiary/aromatic N) is 4. The van der Waals surface area contributed by atoms with E-state index in [1.165, 1.54) is 11.5 Å². The second kappa shape index (κ2) is 7.29. The predicted molar refractivity (Wildman–Crippen MR) is 139 cm³/mol. The van der Waals surface area contributed by atoms with Crippen LogP contribution in [-0.2, 0) is 15.0 Å². The fourth-order valence-corrected chi connectivity index (χ4v) is 6.96. The lowest BCUT2D eigenvalue weighted by Crippen LogP contribution is -2.59. The highest BCUT2D eigenvalue weighted by Gasteiger charge is 2.69. The molecule has 1 aromatic heterocycles. The fraction of sp³-hybridized carbons (Fsp3) is 0.357. The number of benzene rings is 2. The molecule has 0 N–H and O–H groups in total. The maximum absolute atomic E-state index is 14.1. The van der Waals surface area contributed by atoms with Crippen LogP contribution in [0.25, 0.3) is 10.9 Å². The molecular weight excluding hydrogens is 476 g/mol. The molecule has 0 radical (unpaired) electrons. The Morgan fingerprint density at radius 2 is 1.94 bits per heavy atom.